The highest BCUT2D eigenvalue weighted by molar-refractivity contribution is 5.91. The first kappa shape index (κ1) is 26.1. The normalized spacial score (nSPS) is 10.9. The van der Waals surface area contributed by atoms with Crippen LogP contribution in [0.5, 0.6) is 5.75 Å². The van der Waals surface area contributed by atoms with Gasteiger partial charge in [0, 0.05) is 35.9 Å². The number of nitrogens with zero attached hydrogens (tertiary/aromatic N) is 4. The molecule has 6 heteroatoms. The number of benzene rings is 2. The molecule has 4 rings (SSSR count). The summed E-state index contributed by atoms with van der Waals surface area (Å²) >= 11 is 0. The summed E-state index contributed by atoms with van der Waals surface area (Å²) in [6, 6.07) is 14.4. The van der Waals surface area contributed by atoms with Crippen molar-refractivity contribution in [3.63, 3.8) is 0 Å². The van der Waals surface area contributed by atoms with E-state index in [2.05, 4.69) is 33.8 Å². The number of aromatic nitrogens is 4. The van der Waals surface area contributed by atoms with E-state index in [-0.39, 0.29) is 0 Å². The van der Waals surface area contributed by atoms with Crippen molar-refractivity contribution >= 4 is 5.97 Å². The molecule has 0 aliphatic heterocycles. The summed E-state index contributed by atoms with van der Waals surface area (Å²) in [7, 11) is 0. The van der Waals surface area contributed by atoms with Crippen LogP contribution in [0.1, 0.15) is 73.9 Å². The average molecular weight is 495 g/mol. The first-order chi connectivity index (χ1) is 18.2. The van der Waals surface area contributed by atoms with Crippen molar-refractivity contribution in [1.82, 2.24) is 19.9 Å². The number of esters is 1. The Labute approximate surface area is 219 Å². The van der Waals surface area contributed by atoms with Gasteiger partial charge in [-0.1, -0.05) is 51.7 Å². The first-order valence-corrected chi connectivity index (χ1v) is 13.2. The Hall–Kier alpha value is -3.93. The van der Waals surface area contributed by atoms with Gasteiger partial charge >= 0.3 is 5.97 Å². The second-order valence-electron chi connectivity index (χ2n) is 9.24. The van der Waals surface area contributed by atoms with E-state index in [0.29, 0.717) is 23.0 Å². The molecule has 190 valence electrons. The van der Waals surface area contributed by atoms with Gasteiger partial charge in [0.1, 0.15) is 5.75 Å². The first-order valence-electron chi connectivity index (χ1n) is 13.2. The molecule has 0 aliphatic rings. The molecule has 0 aliphatic carbocycles. The van der Waals surface area contributed by atoms with Crippen LogP contribution in [0.3, 0.4) is 0 Å². The molecule has 0 unspecified atom stereocenters. The summed E-state index contributed by atoms with van der Waals surface area (Å²) in [6.07, 6.45) is 16.7. The average Bonchev–Trinajstić information content (AvgIpc) is 2.95. The molecule has 0 radical (unpaired) electrons. The Morgan fingerprint density at radius 3 is 1.49 bits per heavy atom. The molecule has 2 aromatic heterocycles. The van der Waals surface area contributed by atoms with E-state index in [1.165, 1.54) is 25.7 Å². The highest BCUT2D eigenvalue weighted by Crippen LogP contribution is 2.21. The Balaban J connectivity index is 1.33. The van der Waals surface area contributed by atoms with Crippen LogP contribution in [0.4, 0.5) is 0 Å². The molecule has 0 saturated heterocycles. The third kappa shape index (κ3) is 7.53. The summed E-state index contributed by atoms with van der Waals surface area (Å²) in [5.41, 5.74) is 4.50. The molecule has 0 saturated carbocycles. The van der Waals surface area contributed by atoms with E-state index in [9.17, 15) is 4.79 Å². The summed E-state index contributed by atoms with van der Waals surface area (Å²) in [5, 5.41) is 0. The molecule has 2 aromatic carbocycles. The SMILES string of the molecule is CCCCCc1cnc(-c2ccc(OC(=O)c3ccc(-c4ncc(CCCCC)cn4)cc3)cc2)nc1. The van der Waals surface area contributed by atoms with Crippen LogP contribution in [-0.2, 0) is 12.8 Å². The lowest BCUT2D eigenvalue weighted by molar-refractivity contribution is 0.0735. The number of unbranched alkanes of at least 4 members (excludes halogenated alkanes) is 4. The van der Waals surface area contributed by atoms with Crippen LogP contribution < -0.4 is 4.74 Å². The van der Waals surface area contributed by atoms with Gasteiger partial charge in [-0.3, -0.25) is 0 Å². The van der Waals surface area contributed by atoms with E-state index in [0.717, 1.165) is 47.9 Å². The van der Waals surface area contributed by atoms with Crippen LogP contribution >= 0.6 is 0 Å². The van der Waals surface area contributed by atoms with E-state index in [1.807, 2.05) is 49.1 Å². The standard InChI is InChI=1S/C31H34N4O2/c1-3-5-7-9-23-19-32-29(33-20-23)25-11-13-27(14-12-25)31(36)37-28-17-15-26(16-18-28)30-34-21-24(22-35-30)10-8-6-4-2/h11-22H,3-10H2,1-2H3. The van der Waals surface area contributed by atoms with Crippen molar-refractivity contribution in [2.75, 3.05) is 0 Å². The molecule has 0 N–H and O–H groups in total. The minimum Gasteiger partial charge on any atom is -0.423 e. The zero-order valence-electron chi connectivity index (χ0n) is 21.7. The molecule has 0 spiro atoms. The number of hydrogen-bond acceptors (Lipinski definition) is 6. The van der Waals surface area contributed by atoms with Crippen LogP contribution in [-0.4, -0.2) is 25.9 Å². The van der Waals surface area contributed by atoms with Crippen molar-refractivity contribution in [3.8, 4) is 28.5 Å². The van der Waals surface area contributed by atoms with Crippen molar-refractivity contribution in [3.05, 3.63) is 90.0 Å². The van der Waals surface area contributed by atoms with Gasteiger partial charge in [-0.25, -0.2) is 24.7 Å². The molecule has 0 amide bonds. The number of hydrogen-bond donors (Lipinski definition) is 0. The predicted molar refractivity (Wildman–Crippen MR) is 146 cm³/mol. The molecule has 4 aromatic rings. The van der Waals surface area contributed by atoms with Crippen molar-refractivity contribution in [1.29, 1.82) is 0 Å². The Morgan fingerprint density at radius 2 is 1.05 bits per heavy atom. The maximum atomic E-state index is 12.7. The summed E-state index contributed by atoms with van der Waals surface area (Å²) in [6.45, 7) is 4.39. The second-order valence-corrected chi connectivity index (χ2v) is 9.24. The minimum absolute atomic E-state index is 0.417. The fourth-order valence-corrected chi connectivity index (χ4v) is 4.02. The zero-order valence-corrected chi connectivity index (χ0v) is 21.7. The maximum absolute atomic E-state index is 12.7. The van der Waals surface area contributed by atoms with Gasteiger partial charge in [0.25, 0.3) is 0 Å². The third-order valence-corrected chi connectivity index (χ3v) is 6.25. The van der Waals surface area contributed by atoms with Gasteiger partial charge < -0.3 is 4.74 Å². The van der Waals surface area contributed by atoms with Crippen molar-refractivity contribution in [2.45, 2.75) is 65.2 Å². The lowest BCUT2D eigenvalue weighted by Gasteiger charge is -2.07. The van der Waals surface area contributed by atoms with Crippen LogP contribution in [0.2, 0.25) is 0 Å². The molecular formula is C31H34N4O2. The van der Waals surface area contributed by atoms with Crippen molar-refractivity contribution in [2.24, 2.45) is 0 Å². The topological polar surface area (TPSA) is 77.9 Å². The van der Waals surface area contributed by atoms with Crippen LogP contribution in [0.15, 0.2) is 73.3 Å². The van der Waals surface area contributed by atoms with Gasteiger partial charge in [0.2, 0.25) is 0 Å². The highest BCUT2D eigenvalue weighted by Gasteiger charge is 2.11. The highest BCUT2D eigenvalue weighted by atomic mass is 16.5. The monoisotopic (exact) mass is 494 g/mol. The molecule has 0 atom stereocenters. The number of carbonyl (C=O) groups excluding carboxylic acids is 1. The molecule has 2 heterocycles. The Morgan fingerprint density at radius 1 is 0.622 bits per heavy atom. The van der Waals surface area contributed by atoms with Gasteiger partial charge in [-0.2, -0.15) is 0 Å². The lowest BCUT2D eigenvalue weighted by Crippen LogP contribution is -2.08. The fourth-order valence-electron chi connectivity index (χ4n) is 4.02. The van der Waals surface area contributed by atoms with Gasteiger partial charge in [-0.05, 0) is 73.2 Å². The van der Waals surface area contributed by atoms with Crippen molar-refractivity contribution < 1.29 is 9.53 Å². The lowest BCUT2D eigenvalue weighted by atomic mass is 10.1. The summed E-state index contributed by atoms with van der Waals surface area (Å²) in [4.78, 5) is 30.6. The van der Waals surface area contributed by atoms with E-state index in [4.69, 9.17) is 4.74 Å². The van der Waals surface area contributed by atoms with E-state index in [1.54, 1.807) is 24.3 Å². The molecular weight excluding hydrogens is 460 g/mol. The van der Waals surface area contributed by atoms with Gasteiger partial charge in [-0.15, -0.1) is 0 Å². The third-order valence-electron chi connectivity index (χ3n) is 6.25. The van der Waals surface area contributed by atoms with E-state index >= 15 is 0 Å². The molecule has 37 heavy (non-hydrogen) atoms. The number of aryl methyl sites for hydroxylation is 2. The Kier molecular flexibility index (Phi) is 9.47. The number of carbonyl (C=O) groups is 1. The maximum Gasteiger partial charge on any atom is 0.343 e. The van der Waals surface area contributed by atoms with Gasteiger partial charge in [0.05, 0.1) is 5.56 Å². The van der Waals surface area contributed by atoms with E-state index < -0.39 is 5.97 Å². The smallest absolute Gasteiger partial charge is 0.343 e. The molecule has 0 bridgehead atoms. The van der Waals surface area contributed by atoms with Crippen LogP contribution in [0.25, 0.3) is 22.8 Å². The number of rotatable bonds is 12. The quantitative estimate of drug-likeness (QED) is 0.117. The fraction of sp³-hybridized carbons (Fsp3) is 0.323. The molecule has 6 nitrogen and oxygen atoms in total. The summed E-state index contributed by atoms with van der Waals surface area (Å²) in [5.74, 6) is 1.35. The predicted octanol–water partition coefficient (Wildman–Crippen LogP) is 7.29. The zero-order chi connectivity index (χ0) is 25.9. The number of ether oxygens (including phenoxy) is 1. The second kappa shape index (κ2) is 13.4. The largest absolute Gasteiger partial charge is 0.423 e. The summed E-state index contributed by atoms with van der Waals surface area (Å²) < 4.78 is 5.56. The molecule has 0 fully saturated rings. The van der Waals surface area contributed by atoms with Gasteiger partial charge in [0.15, 0.2) is 11.6 Å². The minimum atomic E-state index is -0.417. The Bertz CT molecular complexity index is 1250. The van der Waals surface area contributed by atoms with Crippen LogP contribution in [0, 0.1) is 0 Å².